The van der Waals surface area contributed by atoms with E-state index in [0.29, 0.717) is 17.7 Å². The molecule has 0 aromatic heterocycles. The highest BCUT2D eigenvalue weighted by atomic mass is 79.9. The largest absolute Gasteiger partial charge is 0.491 e. The van der Waals surface area contributed by atoms with Crippen molar-refractivity contribution in [1.82, 2.24) is 9.80 Å². The molecular weight excluding hydrogens is 635 g/mol. The lowest BCUT2D eigenvalue weighted by Crippen LogP contribution is -2.60. The topological polar surface area (TPSA) is 104 Å². The Morgan fingerprint density at radius 2 is 1.63 bits per heavy atom. The Morgan fingerprint density at radius 1 is 0.927 bits per heavy atom. The van der Waals surface area contributed by atoms with Gasteiger partial charge in [-0.05, 0) is 42.0 Å². The van der Waals surface area contributed by atoms with Gasteiger partial charge in [0, 0.05) is 5.92 Å². The number of aliphatic hydroxyl groups excluding tert-OH is 1. The first kappa shape index (κ1) is 28.4. The molecule has 41 heavy (non-hydrogen) atoms. The predicted molar refractivity (Wildman–Crippen MR) is 154 cm³/mol. The van der Waals surface area contributed by atoms with Gasteiger partial charge in [-0.2, -0.15) is 0 Å². The Bertz CT molecular complexity index is 1450. The van der Waals surface area contributed by atoms with Gasteiger partial charge in [-0.1, -0.05) is 70.0 Å². The third-order valence-electron chi connectivity index (χ3n) is 8.86. The van der Waals surface area contributed by atoms with Gasteiger partial charge in [0.15, 0.2) is 9.75 Å². The number of aliphatic hydroxyl groups is 1. The lowest BCUT2D eigenvalue weighted by molar-refractivity contribution is -0.141. The molecule has 0 spiro atoms. The molecule has 2 aliphatic heterocycles. The van der Waals surface area contributed by atoms with Crippen LogP contribution < -0.4 is 4.74 Å². The maximum Gasteiger partial charge on any atom is 0.254 e. The van der Waals surface area contributed by atoms with E-state index in [9.17, 15) is 19.2 Å². The summed E-state index contributed by atoms with van der Waals surface area (Å²) in [7, 11) is 0. The van der Waals surface area contributed by atoms with E-state index >= 15 is 0 Å². The molecule has 6 rings (SSSR count). The number of hydrogen-bond donors (Lipinski definition) is 1. The molecular formula is C30H27BrCl2N2O6. The first-order chi connectivity index (χ1) is 19.7. The highest BCUT2D eigenvalue weighted by Gasteiger charge is 2.76. The van der Waals surface area contributed by atoms with Crippen LogP contribution in [0.5, 0.6) is 5.75 Å². The third-order valence-corrected chi connectivity index (χ3v) is 10.8. The highest BCUT2D eigenvalue weighted by molar-refractivity contribution is 9.09. The Morgan fingerprint density at radius 3 is 2.29 bits per heavy atom. The molecule has 2 aliphatic carbocycles. The number of nitrogens with zero attached hydrogens (tertiary/aromatic N) is 2. The van der Waals surface area contributed by atoms with Crippen LogP contribution in [-0.2, 0) is 25.7 Å². The van der Waals surface area contributed by atoms with Crippen molar-refractivity contribution in [3.63, 3.8) is 0 Å². The normalized spacial score (nSPS) is 32.5. The number of allylic oxidation sites excluding steroid dienone is 2. The van der Waals surface area contributed by atoms with E-state index in [1.807, 2.05) is 36.4 Å². The van der Waals surface area contributed by atoms with Crippen LogP contribution >= 0.6 is 39.1 Å². The van der Waals surface area contributed by atoms with Crippen molar-refractivity contribution >= 4 is 62.8 Å². The smallest absolute Gasteiger partial charge is 0.254 e. The molecule has 2 aromatic carbocycles. The number of halogens is 3. The maximum atomic E-state index is 13.9. The predicted octanol–water partition coefficient (Wildman–Crippen LogP) is 3.97. The van der Waals surface area contributed by atoms with E-state index < -0.39 is 45.2 Å². The average Bonchev–Trinajstić information content (AvgIpc) is 3.30. The summed E-state index contributed by atoms with van der Waals surface area (Å²) in [5, 5.41) is 9.10. The Hall–Kier alpha value is -2.72. The van der Waals surface area contributed by atoms with Crippen LogP contribution in [0.2, 0.25) is 0 Å². The zero-order valence-electron chi connectivity index (χ0n) is 21.8. The van der Waals surface area contributed by atoms with Crippen LogP contribution in [0.25, 0.3) is 0 Å². The van der Waals surface area contributed by atoms with Crippen molar-refractivity contribution in [3.05, 3.63) is 77.4 Å². The van der Waals surface area contributed by atoms with Crippen molar-refractivity contribution in [2.75, 3.05) is 18.7 Å². The minimum Gasteiger partial charge on any atom is -0.491 e. The van der Waals surface area contributed by atoms with Gasteiger partial charge in [0.1, 0.15) is 12.4 Å². The minimum atomic E-state index is -1.85. The van der Waals surface area contributed by atoms with Gasteiger partial charge in [0.05, 0.1) is 30.4 Å². The fraction of sp³-hybridized carbons (Fsp3) is 0.400. The van der Waals surface area contributed by atoms with E-state index in [-0.39, 0.29) is 43.4 Å². The first-order valence-corrected chi connectivity index (χ1v) is 15.3. The van der Waals surface area contributed by atoms with E-state index in [0.717, 1.165) is 16.0 Å². The lowest BCUT2D eigenvalue weighted by atomic mass is 9.56. The molecule has 0 bridgehead atoms. The second-order valence-corrected chi connectivity index (χ2v) is 12.6. The summed E-state index contributed by atoms with van der Waals surface area (Å²) < 4.78 is 5.50. The molecule has 6 atom stereocenters. The number of benzene rings is 2. The van der Waals surface area contributed by atoms with Gasteiger partial charge >= 0.3 is 0 Å². The van der Waals surface area contributed by atoms with Crippen molar-refractivity contribution < 1.29 is 29.0 Å². The highest BCUT2D eigenvalue weighted by Crippen LogP contribution is 2.65. The number of ether oxygens (including phenoxy) is 1. The number of amides is 4. The molecule has 2 heterocycles. The van der Waals surface area contributed by atoms with Gasteiger partial charge < -0.3 is 9.84 Å². The third kappa shape index (κ3) is 4.11. The quantitative estimate of drug-likeness (QED) is 0.209. The molecule has 3 fully saturated rings. The summed E-state index contributed by atoms with van der Waals surface area (Å²) in [4.78, 5) is 53.6. The minimum absolute atomic E-state index is 0.0501. The number of carbonyl (C=O) groups is 4. The number of rotatable bonds is 7. The van der Waals surface area contributed by atoms with Crippen LogP contribution in [0.15, 0.2) is 66.2 Å². The van der Waals surface area contributed by atoms with Crippen LogP contribution in [0, 0.1) is 17.8 Å². The van der Waals surface area contributed by atoms with Crippen LogP contribution in [0.1, 0.15) is 29.9 Å². The van der Waals surface area contributed by atoms with Crippen LogP contribution in [0.4, 0.5) is 0 Å². The summed E-state index contributed by atoms with van der Waals surface area (Å²) in [5.41, 5.74) is 2.13. The van der Waals surface area contributed by atoms with Crippen molar-refractivity contribution in [1.29, 1.82) is 0 Å². The molecule has 0 radical (unpaired) electrons. The Labute approximate surface area is 255 Å². The van der Waals surface area contributed by atoms with Gasteiger partial charge in [-0.3, -0.25) is 29.0 Å². The molecule has 2 saturated heterocycles. The van der Waals surface area contributed by atoms with Crippen LogP contribution in [0.3, 0.4) is 0 Å². The number of likely N-dealkylation sites (tertiary alicyclic amines) is 2. The molecule has 1 N–H and O–H groups in total. The van der Waals surface area contributed by atoms with Crippen molar-refractivity contribution in [2.45, 2.75) is 35.1 Å². The molecule has 6 unspecified atom stereocenters. The fourth-order valence-corrected chi connectivity index (χ4v) is 8.46. The summed E-state index contributed by atoms with van der Waals surface area (Å²) in [6.07, 6.45) is 2.18. The molecule has 11 heteroatoms. The van der Waals surface area contributed by atoms with Crippen molar-refractivity contribution in [3.8, 4) is 5.75 Å². The number of fused-ring (bicyclic) bond motifs is 4. The standard InChI is InChI=1S/C30H27BrCl2N2O6/c31-16-35-27(39)29(32)14-22-20(24(30(29,33)28(35)40)18-6-8-19(9-7-18)41-13-12-36)10-11-21-23(22)26(38)34(25(21)37)15-17-4-2-1-3-5-17/h1-10,21-24,36H,11-16H2. The number of carbonyl (C=O) groups excluding carboxylic acids is 4. The van der Waals surface area contributed by atoms with Gasteiger partial charge in [-0.25, -0.2) is 0 Å². The Kier molecular flexibility index (Phi) is 7.29. The molecule has 8 nitrogen and oxygen atoms in total. The summed E-state index contributed by atoms with van der Waals surface area (Å²) >= 11 is 17.7. The average molecular weight is 662 g/mol. The number of imide groups is 2. The SMILES string of the molecule is O=C1C2CC=C3C(CC4(Cl)C(=O)N(CBr)C(=O)C4(Cl)C3c3ccc(OCCO)cc3)C2C(=O)N1Cc1ccccc1. The van der Waals surface area contributed by atoms with E-state index in [4.69, 9.17) is 33.0 Å². The first-order valence-electron chi connectivity index (χ1n) is 13.4. The molecule has 2 aromatic rings. The summed E-state index contributed by atoms with van der Waals surface area (Å²) in [6.45, 7) is 0.132. The van der Waals surface area contributed by atoms with E-state index in [2.05, 4.69) is 15.9 Å². The van der Waals surface area contributed by atoms with Gasteiger partial charge in [0.25, 0.3) is 11.8 Å². The monoisotopic (exact) mass is 660 g/mol. The number of alkyl halides is 3. The van der Waals surface area contributed by atoms with E-state index in [1.165, 1.54) is 4.90 Å². The number of hydrogen-bond acceptors (Lipinski definition) is 6. The Balaban J connectivity index is 1.44. The summed E-state index contributed by atoms with van der Waals surface area (Å²) in [5.74, 6) is -3.98. The molecule has 4 aliphatic rings. The van der Waals surface area contributed by atoms with Gasteiger partial charge in [0.2, 0.25) is 11.8 Å². The second-order valence-electron chi connectivity index (χ2n) is 10.9. The molecule has 214 valence electrons. The molecule has 1 saturated carbocycles. The molecule has 4 amide bonds. The maximum absolute atomic E-state index is 13.9. The fourth-order valence-electron chi connectivity index (χ4n) is 7.03. The second kappa shape index (κ2) is 10.5. The van der Waals surface area contributed by atoms with E-state index in [1.54, 1.807) is 24.3 Å². The zero-order chi connectivity index (χ0) is 29.1. The van der Waals surface area contributed by atoms with Crippen molar-refractivity contribution in [2.24, 2.45) is 17.8 Å². The van der Waals surface area contributed by atoms with Gasteiger partial charge in [-0.15, -0.1) is 23.2 Å². The summed E-state index contributed by atoms with van der Waals surface area (Å²) in [6, 6.07) is 16.2. The van der Waals surface area contributed by atoms with Crippen LogP contribution in [-0.4, -0.2) is 67.0 Å². The lowest BCUT2D eigenvalue weighted by Gasteiger charge is -2.50. The zero-order valence-corrected chi connectivity index (χ0v) is 24.9.